The molecule has 0 spiro atoms. The van der Waals surface area contributed by atoms with Crippen molar-refractivity contribution in [2.24, 2.45) is 0 Å². The van der Waals surface area contributed by atoms with Crippen LogP contribution in [-0.2, 0) is 11.3 Å². The fourth-order valence-corrected chi connectivity index (χ4v) is 3.47. The highest BCUT2D eigenvalue weighted by atomic mass is 79.9. The third kappa shape index (κ3) is 4.42. The Morgan fingerprint density at radius 1 is 1.38 bits per heavy atom. The molecule has 0 aliphatic carbocycles. The zero-order valence-corrected chi connectivity index (χ0v) is 14.8. The molecule has 1 N–H and O–H groups in total. The molecule has 0 aliphatic heterocycles. The van der Waals surface area contributed by atoms with Gasteiger partial charge in [-0.3, -0.25) is 4.79 Å². The van der Waals surface area contributed by atoms with E-state index in [4.69, 9.17) is 4.74 Å². The highest BCUT2D eigenvalue weighted by molar-refractivity contribution is 9.10. The van der Waals surface area contributed by atoms with Crippen molar-refractivity contribution < 1.29 is 13.9 Å². The van der Waals surface area contributed by atoms with E-state index in [1.165, 1.54) is 18.2 Å². The molecule has 0 aliphatic rings. The Balaban J connectivity index is 1.58. The van der Waals surface area contributed by atoms with Crippen molar-refractivity contribution >= 4 is 39.0 Å². The first-order valence-corrected chi connectivity index (χ1v) is 8.70. The van der Waals surface area contributed by atoms with Gasteiger partial charge in [-0.1, -0.05) is 6.07 Å². The number of carbonyl (C=O) groups is 1. The van der Waals surface area contributed by atoms with E-state index in [0.717, 1.165) is 9.35 Å². The number of amides is 1. The van der Waals surface area contributed by atoms with E-state index in [2.05, 4.69) is 26.3 Å². The molecule has 0 saturated heterocycles. The summed E-state index contributed by atoms with van der Waals surface area (Å²) < 4.78 is 21.0. The first kappa shape index (κ1) is 16.7. The van der Waals surface area contributed by atoms with Gasteiger partial charge in [-0.15, -0.1) is 11.3 Å². The summed E-state index contributed by atoms with van der Waals surface area (Å²) in [6, 6.07) is 9.38. The van der Waals surface area contributed by atoms with Crippen LogP contribution in [0.4, 0.5) is 10.2 Å². The number of aromatic nitrogens is 2. The molecule has 0 bridgehead atoms. The van der Waals surface area contributed by atoms with Crippen LogP contribution in [0.25, 0.3) is 0 Å². The van der Waals surface area contributed by atoms with Crippen molar-refractivity contribution in [2.75, 3.05) is 11.9 Å². The number of anilines is 1. The molecule has 3 aromatic rings. The van der Waals surface area contributed by atoms with Gasteiger partial charge in [0.2, 0.25) is 0 Å². The molecule has 2 aromatic heterocycles. The third-order valence-electron chi connectivity index (χ3n) is 3.08. The largest absolute Gasteiger partial charge is 0.484 e. The summed E-state index contributed by atoms with van der Waals surface area (Å²) in [7, 11) is 0. The molecule has 5 nitrogen and oxygen atoms in total. The zero-order chi connectivity index (χ0) is 16.9. The van der Waals surface area contributed by atoms with Gasteiger partial charge in [0, 0.05) is 26.9 Å². The van der Waals surface area contributed by atoms with Crippen LogP contribution < -0.4 is 10.1 Å². The van der Waals surface area contributed by atoms with Gasteiger partial charge in [0.05, 0.1) is 12.7 Å². The van der Waals surface area contributed by atoms with Gasteiger partial charge in [0.1, 0.15) is 17.4 Å². The Bertz CT molecular complexity index is 849. The number of hydrogen-bond acceptors (Lipinski definition) is 4. The van der Waals surface area contributed by atoms with Crippen LogP contribution in [0.2, 0.25) is 0 Å². The molecule has 0 atom stereocenters. The summed E-state index contributed by atoms with van der Waals surface area (Å²) >= 11 is 5.01. The summed E-state index contributed by atoms with van der Waals surface area (Å²) in [6.07, 6.45) is 1.62. The number of benzene rings is 1. The first-order valence-electron chi connectivity index (χ1n) is 7.03. The van der Waals surface area contributed by atoms with Crippen molar-refractivity contribution in [2.45, 2.75) is 6.54 Å². The SMILES string of the molecule is O=C(COc1cccc(F)c1)Nc1ccnn1Cc1cc(Br)cs1. The number of nitrogens with one attached hydrogen (secondary N) is 1. The second-order valence-corrected chi connectivity index (χ2v) is 6.81. The standard InChI is InChI=1S/C16H13BrFN3O2S/c17-11-6-14(24-10-11)8-21-15(4-5-19-21)20-16(22)9-23-13-3-1-2-12(18)7-13/h1-7,10H,8-9H2,(H,20,22). The summed E-state index contributed by atoms with van der Waals surface area (Å²) in [5.41, 5.74) is 0. The number of nitrogens with zero attached hydrogens (tertiary/aromatic N) is 2. The summed E-state index contributed by atoms with van der Waals surface area (Å²) in [5.74, 6) is 0.135. The third-order valence-corrected chi connectivity index (χ3v) is 4.76. The van der Waals surface area contributed by atoms with E-state index < -0.39 is 5.82 Å². The minimum atomic E-state index is -0.409. The quantitative estimate of drug-likeness (QED) is 0.671. The highest BCUT2D eigenvalue weighted by Crippen LogP contribution is 2.21. The Labute approximate surface area is 150 Å². The molecule has 0 unspecified atom stereocenters. The minimum absolute atomic E-state index is 0.209. The Morgan fingerprint density at radius 3 is 3.00 bits per heavy atom. The molecule has 0 saturated carbocycles. The minimum Gasteiger partial charge on any atom is -0.484 e. The van der Waals surface area contributed by atoms with Gasteiger partial charge in [-0.05, 0) is 34.1 Å². The average Bonchev–Trinajstić information content (AvgIpc) is 3.15. The summed E-state index contributed by atoms with van der Waals surface area (Å²) in [5, 5.41) is 8.93. The normalized spacial score (nSPS) is 10.6. The lowest BCUT2D eigenvalue weighted by molar-refractivity contribution is -0.118. The molecule has 2 heterocycles. The predicted octanol–water partition coefficient (Wildman–Crippen LogP) is 3.91. The lowest BCUT2D eigenvalue weighted by Gasteiger charge is -2.09. The van der Waals surface area contributed by atoms with Crippen LogP contribution in [0.3, 0.4) is 0 Å². The Morgan fingerprint density at radius 2 is 2.25 bits per heavy atom. The smallest absolute Gasteiger partial charge is 0.263 e. The van der Waals surface area contributed by atoms with Gasteiger partial charge >= 0.3 is 0 Å². The second-order valence-electron chi connectivity index (χ2n) is 4.90. The fourth-order valence-electron chi connectivity index (χ4n) is 2.03. The van der Waals surface area contributed by atoms with Crippen molar-refractivity contribution in [3.8, 4) is 5.75 Å². The van der Waals surface area contributed by atoms with Gasteiger partial charge in [0.15, 0.2) is 6.61 Å². The lowest BCUT2D eigenvalue weighted by atomic mass is 10.3. The molecular formula is C16H13BrFN3O2S. The maximum atomic E-state index is 13.1. The molecule has 1 amide bonds. The maximum Gasteiger partial charge on any atom is 0.263 e. The van der Waals surface area contributed by atoms with E-state index >= 15 is 0 Å². The predicted molar refractivity (Wildman–Crippen MR) is 93.9 cm³/mol. The number of carbonyl (C=O) groups excluding carboxylic acids is 1. The Hall–Kier alpha value is -2.19. The van der Waals surface area contributed by atoms with Crippen molar-refractivity contribution in [3.05, 3.63) is 63.1 Å². The maximum absolute atomic E-state index is 13.1. The number of halogens is 2. The van der Waals surface area contributed by atoms with Crippen LogP contribution >= 0.6 is 27.3 Å². The molecule has 124 valence electrons. The first-order chi connectivity index (χ1) is 11.6. The number of ether oxygens (including phenoxy) is 1. The molecular weight excluding hydrogens is 397 g/mol. The summed E-state index contributed by atoms with van der Waals surface area (Å²) in [6.45, 7) is 0.350. The van der Waals surface area contributed by atoms with E-state index in [0.29, 0.717) is 18.1 Å². The molecule has 3 rings (SSSR count). The topological polar surface area (TPSA) is 56.1 Å². The van der Waals surface area contributed by atoms with Crippen LogP contribution in [0.15, 0.2) is 52.4 Å². The van der Waals surface area contributed by atoms with Crippen molar-refractivity contribution in [1.82, 2.24) is 9.78 Å². The van der Waals surface area contributed by atoms with Gasteiger partial charge < -0.3 is 10.1 Å². The van der Waals surface area contributed by atoms with E-state index in [1.54, 1.807) is 34.3 Å². The van der Waals surface area contributed by atoms with E-state index in [-0.39, 0.29) is 12.5 Å². The molecule has 1 aromatic carbocycles. The van der Waals surface area contributed by atoms with Crippen LogP contribution in [-0.4, -0.2) is 22.3 Å². The van der Waals surface area contributed by atoms with E-state index in [9.17, 15) is 9.18 Å². The zero-order valence-electron chi connectivity index (χ0n) is 12.4. The number of hydrogen-bond donors (Lipinski definition) is 1. The molecule has 8 heteroatoms. The van der Waals surface area contributed by atoms with Gasteiger partial charge in [-0.25, -0.2) is 9.07 Å². The highest BCUT2D eigenvalue weighted by Gasteiger charge is 2.10. The Kier molecular flexibility index (Phi) is 5.27. The number of rotatable bonds is 6. The van der Waals surface area contributed by atoms with Crippen LogP contribution in [0, 0.1) is 5.82 Å². The monoisotopic (exact) mass is 409 g/mol. The summed E-state index contributed by atoms with van der Waals surface area (Å²) in [4.78, 5) is 13.1. The van der Waals surface area contributed by atoms with E-state index in [1.807, 2.05) is 11.4 Å². The average molecular weight is 410 g/mol. The van der Waals surface area contributed by atoms with Gasteiger partial charge in [0.25, 0.3) is 5.91 Å². The lowest BCUT2D eigenvalue weighted by Crippen LogP contribution is -2.22. The molecule has 24 heavy (non-hydrogen) atoms. The van der Waals surface area contributed by atoms with Crippen LogP contribution in [0.1, 0.15) is 4.88 Å². The second kappa shape index (κ2) is 7.59. The molecule has 0 fully saturated rings. The fraction of sp³-hybridized carbons (Fsp3) is 0.125. The molecule has 0 radical (unpaired) electrons. The van der Waals surface area contributed by atoms with Crippen molar-refractivity contribution in [1.29, 1.82) is 0 Å². The number of thiophene rings is 1. The van der Waals surface area contributed by atoms with Gasteiger partial charge in [-0.2, -0.15) is 5.10 Å². The van der Waals surface area contributed by atoms with Crippen LogP contribution in [0.5, 0.6) is 5.75 Å². The van der Waals surface area contributed by atoms with Crippen molar-refractivity contribution in [3.63, 3.8) is 0 Å².